The van der Waals surface area contributed by atoms with E-state index in [0.717, 1.165) is 16.9 Å². The van der Waals surface area contributed by atoms with Crippen molar-refractivity contribution in [3.05, 3.63) is 59.7 Å². The van der Waals surface area contributed by atoms with Crippen molar-refractivity contribution in [1.29, 1.82) is 0 Å². The Bertz CT molecular complexity index is 681. The molecule has 2 aromatic carbocycles. The van der Waals surface area contributed by atoms with Gasteiger partial charge < -0.3 is 9.47 Å². The van der Waals surface area contributed by atoms with Gasteiger partial charge in [-0.2, -0.15) is 0 Å². The van der Waals surface area contributed by atoms with Gasteiger partial charge in [-0.05, 0) is 36.8 Å². The van der Waals surface area contributed by atoms with Gasteiger partial charge in [0.25, 0.3) is 5.91 Å². The van der Waals surface area contributed by atoms with E-state index in [2.05, 4.69) is 10.9 Å². The van der Waals surface area contributed by atoms with Crippen LogP contribution in [0.2, 0.25) is 0 Å². The van der Waals surface area contributed by atoms with Gasteiger partial charge in [0, 0.05) is 0 Å². The van der Waals surface area contributed by atoms with Crippen LogP contribution in [0.4, 0.5) is 0 Å². The van der Waals surface area contributed by atoms with Crippen LogP contribution in [0, 0.1) is 6.92 Å². The van der Waals surface area contributed by atoms with Crippen molar-refractivity contribution < 1.29 is 19.1 Å². The van der Waals surface area contributed by atoms with Crippen molar-refractivity contribution in [2.75, 3.05) is 13.7 Å². The van der Waals surface area contributed by atoms with Crippen molar-refractivity contribution in [3.8, 4) is 11.5 Å². The van der Waals surface area contributed by atoms with Crippen LogP contribution in [-0.4, -0.2) is 25.5 Å². The Hall–Kier alpha value is -3.02. The summed E-state index contributed by atoms with van der Waals surface area (Å²) in [7, 11) is 1.58. The standard InChI is InChI=1S/C18H20N2O4/c1-13-3-7-16(8-4-13)24-12-18(22)20-19-17(21)11-14-5-9-15(23-2)10-6-14/h3-10H,11-12H2,1-2H3,(H,19,21)(H,20,22). The molecule has 6 nitrogen and oxygen atoms in total. The predicted molar refractivity (Wildman–Crippen MR) is 89.7 cm³/mol. The third kappa shape index (κ3) is 5.64. The van der Waals surface area contributed by atoms with E-state index in [-0.39, 0.29) is 18.9 Å². The molecule has 6 heteroatoms. The first-order chi connectivity index (χ1) is 11.6. The maximum Gasteiger partial charge on any atom is 0.276 e. The fourth-order valence-corrected chi connectivity index (χ4v) is 1.93. The maximum atomic E-state index is 11.8. The molecule has 0 saturated carbocycles. The zero-order valence-corrected chi connectivity index (χ0v) is 13.7. The molecule has 2 amide bonds. The molecule has 0 aromatic heterocycles. The number of carbonyl (C=O) groups excluding carboxylic acids is 2. The number of rotatable bonds is 6. The number of nitrogens with one attached hydrogen (secondary N) is 2. The molecule has 0 radical (unpaired) electrons. The van der Waals surface area contributed by atoms with Crippen molar-refractivity contribution in [2.45, 2.75) is 13.3 Å². The van der Waals surface area contributed by atoms with E-state index < -0.39 is 5.91 Å². The highest BCUT2D eigenvalue weighted by atomic mass is 16.5. The molecule has 0 saturated heterocycles. The van der Waals surface area contributed by atoms with E-state index in [1.165, 1.54) is 0 Å². The minimum absolute atomic E-state index is 0.156. The van der Waals surface area contributed by atoms with E-state index in [9.17, 15) is 9.59 Å². The number of hydrogen-bond donors (Lipinski definition) is 2. The number of aryl methyl sites for hydroxylation is 1. The third-order valence-corrected chi connectivity index (χ3v) is 3.26. The second kappa shape index (κ2) is 8.57. The van der Waals surface area contributed by atoms with Crippen LogP contribution in [0.25, 0.3) is 0 Å². The van der Waals surface area contributed by atoms with Crippen molar-refractivity contribution >= 4 is 11.8 Å². The van der Waals surface area contributed by atoms with E-state index >= 15 is 0 Å². The van der Waals surface area contributed by atoms with Crippen LogP contribution in [0.3, 0.4) is 0 Å². The molecule has 0 atom stereocenters. The second-order valence-electron chi connectivity index (χ2n) is 5.22. The molecule has 2 aromatic rings. The van der Waals surface area contributed by atoms with Gasteiger partial charge in [0.2, 0.25) is 5.91 Å². The molecule has 126 valence electrons. The molecule has 0 unspecified atom stereocenters. The van der Waals surface area contributed by atoms with E-state index in [1.807, 2.05) is 19.1 Å². The molecule has 0 fully saturated rings. The Morgan fingerprint density at radius 2 is 1.46 bits per heavy atom. The maximum absolute atomic E-state index is 11.8. The zero-order chi connectivity index (χ0) is 17.4. The number of ether oxygens (including phenoxy) is 2. The summed E-state index contributed by atoms with van der Waals surface area (Å²) in [5.41, 5.74) is 6.60. The lowest BCUT2D eigenvalue weighted by Gasteiger charge is -2.09. The summed E-state index contributed by atoms with van der Waals surface area (Å²) in [4.78, 5) is 23.4. The topological polar surface area (TPSA) is 76.7 Å². The summed E-state index contributed by atoms with van der Waals surface area (Å²) in [6, 6.07) is 14.5. The number of benzene rings is 2. The predicted octanol–water partition coefficient (Wildman–Crippen LogP) is 1.77. The first-order valence-corrected chi connectivity index (χ1v) is 7.47. The minimum Gasteiger partial charge on any atom is -0.497 e. The quantitative estimate of drug-likeness (QED) is 0.793. The first kappa shape index (κ1) is 17.3. The first-order valence-electron chi connectivity index (χ1n) is 7.47. The van der Waals surface area contributed by atoms with E-state index in [1.54, 1.807) is 43.5 Å². The highest BCUT2D eigenvalue weighted by Gasteiger charge is 2.07. The molecule has 0 aliphatic carbocycles. The number of hydrogen-bond acceptors (Lipinski definition) is 4. The normalized spacial score (nSPS) is 9.92. The zero-order valence-electron chi connectivity index (χ0n) is 13.7. The number of hydrazine groups is 1. The second-order valence-corrected chi connectivity index (χ2v) is 5.22. The summed E-state index contributed by atoms with van der Waals surface area (Å²) in [6.07, 6.45) is 0.156. The number of methoxy groups -OCH3 is 1. The van der Waals surface area contributed by atoms with Gasteiger partial charge in [0.1, 0.15) is 11.5 Å². The van der Waals surface area contributed by atoms with Gasteiger partial charge in [-0.25, -0.2) is 0 Å². The van der Waals surface area contributed by atoms with Crippen molar-refractivity contribution in [3.63, 3.8) is 0 Å². The Morgan fingerprint density at radius 1 is 0.875 bits per heavy atom. The van der Waals surface area contributed by atoms with Gasteiger partial charge in [-0.15, -0.1) is 0 Å². The number of carbonyl (C=O) groups is 2. The molecule has 0 spiro atoms. The Balaban J connectivity index is 1.70. The molecule has 0 heterocycles. The lowest BCUT2D eigenvalue weighted by atomic mass is 10.1. The van der Waals surface area contributed by atoms with Gasteiger partial charge >= 0.3 is 0 Å². The van der Waals surface area contributed by atoms with Gasteiger partial charge in [0.05, 0.1) is 13.5 Å². The van der Waals surface area contributed by atoms with Crippen LogP contribution < -0.4 is 20.3 Å². The van der Waals surface area contributed by atoms with Crippen LogP contribution >= 0.6 is 0 Å². The summed E-state index contributed by atoms with van der Waals surface area (Å²) < 4.78 is 10.4. The lowest BCUT2D eigenvalue weighted by molar-refractivity contribution is -0.129. The average Bonchev–Trinajstić information content (AvgIpc) is 2.60. The minimum atomic E-state index is -0.432. The molecular formula is C18H20N2O4. The third-order valence-electron chi connectivity index (χ3n) is 3.26. The molecule has 2 N–H and O–H groups in total. The van der Waals surface area contributed by atoms with Crippen LogP contribution in [-0.2, 0) is 16.0 Å². The molecule has 2 rings (SSSR count). The molecule has 0 bridgehead atoms. The summed E-state index contributed by atoms with van der Waals surface area (Å²) in [6.45, 7) is 1.79. The fourth-order valence-electron chi connectivity index (χ4n) is 1.93. The van der Waals surface area contributed by atoms with Crippen molar-refractivity contribution in [2.24, 2.45) is 0 Å². The van der Waals surface area contributed by atoms with Crippen LogP contribution in [0.5, 0.6) is 11.5 Å². The Morgan fingerprint density at radius 3 is 2.08 bits per heavy atom. The Labute approximate surface area is 140 Å². The molecule has 0 aliphatic rings. The SMILES string of the molecule is COc1ccc(CC(=O)NNC(=O)COc2ccc(C)cc2)cc1. The summed E-state index contributed by atoms with van der Waals surface area (Å²) in [5, 5.41) is 0. The summed E-state index contributed by atoms with van der Waals surface area (Å²) in [5.74, 6) is 0.573. The van der Waals surface area contributed by atoms with Crippen LogP contribution in [0.15, 0.2) is 48.5 Å². The van der Waals surface area contributed by atoms with Gasteiger partial charge in [-0.3, -0.25) is 20.4 Å². The van der Waals surface area contributed by atoms with Crippen molar-refractivity contribution in [1.82, 2.24) is 10.9 Å². The fraction of sp³-hybridized carbons (Fsp3) is 0.222. The number of amides is 2. The highest BCUT2D eigenvalue weighted by Crippen LogP contribution is 2.12. The highest BCUT2D eigenvalue weighted by molar-refractivity contribution is 5.83. The molecule has 0 aliphatic heterocycles. The van der Waals surface area contributed by atoms with Gasteiger partial charge in [-0.1, -0.05) is 29.8 Å². The average molecular weight is 328 g/mol. The van der Waals surface area contributed by atoms with E-state index in [4.69, 9.17) is 9.47 Å². The monoisotopic (exact) mass is 328 g/mol. The largest absolute Gasteiger partial charge is 0.497 e. The van der Waals surface area contributed by atoms with E-state index in [0.29, 0.717) is 5.75 Å². The smallest absolute Gasteiger partial charge is 0.276 e. The molecule has 24 heavy (non-hydrogen) atoms. The van der Waals surface area contributed by atoms with Gasteiger partial charge in [0.15, 0.2) is 6.61 Å². The Kier molecular flexibility index (Phi) is 6.19. The summed E-state index contributed by atoms with van der Waals surface area (Å²) >= 11 is 0. The molecular weight excluding hydrogens is 308 g/mol. The lowest BCUT2D eigenvalue weighted by Crippen LogP contribution is -2.44. The van der Waals surface area contributed by atoms with Crippen LogP contribution in [0.1, 0.15) is 11.1 Å².